The Bertz CT molecular complexity index is 362. The zero-order valence-electron chi connectivity index (χ0n) is 7.04. The molecule has 6 heteroatoms. The molecule has 0 amide bonds. The number of azide groups is 1. The van der Waals surface area contributed by atoms with E-state index in [4.69, 9.17) is 5.53 Å². The number of nitrogens with zero attached hydrogens (tertiary/aromatic N) is 3. The second-order valence-corrected chi connectivity index (χ2v) is 2.58. The maximum Gasteiger partial charge on any atom is 0.194 e. The van der Waals surface area contributed by atoms with Crippen LogP contribution in [0.3, 0.4) is 0 Å². The van der Waals surface area contributed by atoms with Gasteiger partial charge < -0.3 is 0 Å². The van der Waals surface area contributed by atoms with Crippen LogP contribution in [-0.4, -0.2) is 6.54 Å². The number of rotatable bonds is 3. The minimum absolute atomic E-state index is 0.0843. The first kappa shape index (κ1) is 10.4. The average Bonchev–Trinajstić information content (AvgIpc) is 2.14. The first-order chi connectivity index (χ1) is 6.65. The summed E-state index contributed by atoms with van der Waals surface area (Å²) in [4.78, 5) is 2.48. The van der Waals surface area contributed by atoms with E-state index in [-0.39, 0.29) is 18.5 Å². The van der Waals surface area contributed by atoms with Gasteiger partial charge in [0.2, 0.25) is 0 Å². The summed E-state index contributed by atoms with van der Waals surface area (Å²) in [6.07, 6.45) is 0.179. The van der Waals surface area contributed by atoms with E-state index in [2.05, 4.69) is 10.0 Å². The van der Waals surface area contributed by atoms with Crippen molar-refractivity contribution in [3.8, 4) is 0 Å². The third-order valence-corrected chi connectivity index (χ3v) is 1.61. The molecule has 0 fully saturated rings. The Morgan fingerprint density at radius 2 is 1.79 bits per heavy atom. The van der Waals surface area contributed by atoms with Crippen molar-refractivity contribution in [2.24, 2.45) is 5.11 Å². The lowest BCUT2D eigenvalue weighted by Gasteiger charge is -2.00. The summed E-state index contributed by atoms with van der Waals surface area (Å²) in [5.41, 5.74) is 8.21. The first-order valence-corrected chi connectivity index (χ1v) is 3.79. The summed E-state index contributed by atoms with van der Waals surface area (Å²) in [5, 5.41) is 3.19. The van der Waals surface area contributed by atoms with Crippen molar-refractivity contribution in [2.45, 2.75) is 6.42 Å². The van der Waals surface area contributed by atoms with Crippen molar-refractivity contribution in [3.63, 3.8) is 0 Å². The first-order valence-electron chi connectivity index (χ1n) is 3.79. The van der Waals surface area contributed by atoms with Gasteiger partial charge in [0.1, 0.15) is 0 Å². The Labute approximate surface area is 77.8 Å². The van der Waals surface area contributed by atoms with Gasteiger partial charge in [0, 0.05) is 11.5 Å². The molecule has 1 aromatic carbocycles. The average molecular weight is 201 g/mol. The lowest BCUT2D eigenvalue weighted by molar-refractivity contribution is 0.445. The molecule has 0 atom stereocenters. The van der Waals surface area contributed by atoms with Crippen molar-refractivity contribution >= 4 is 0 Å². The molecular formula is C8H6F3N3. The van der Waals surface area contributed by atoms with Gasteiger partial charge in [-0.1, -0.05) is 5.11 Å². The third-order valence-electron chi connectivity index (χ3n) is 1.61. The maximum absolute atomic E-state index is 12.6. The molecule has 14 heavy (non-hydrogen) atoms. The van der Waals surface area contributed by atoms with Crippen molar-refractivity contribution in [1.29, 1.82) is 0 Å². The van der Waals surface area contributed by atoms with Crippen LogP contribution in [0.2, 0.25) is 0 Å². The van der Waals surface area contributed by atoms with Crippen LogP contribution in [0.15, 0.2) is 17.2 Å². The molecule has 0 saturated carbocycles. The second-order valence-electron chi connectivity index (χ2n) is 2.58. The van der Waals surface area contributed by atoms with E-state index in [0.29, 0.717) is 0 Å². The summed E-state index contributed by atoms with van der Waals surface area (Å²) in [6.45, 7) is 0.0843. The lowest BCUT2D eigenvalue weighted by atomic mass is 10.1. The summed E-state index contributed by atoms with van der Waals surface area (Å²) >= 11 is 0. The number of benzene rings is 1. The van der Waals surface area contributed by atoms with Crippen LogP contribution in [0.1, 0.15) is 5.56 Å². The fraction of sp³-hybridized carbons (Fsp3) is 0.250. The van der Waals surface area contributed by atoms with Crippen molar-refractivity contribution in [1.82, 2.24) is 0 Å². The van der Waals surface area contributed by atoms with E-state index in [1.165, 1.54) is 0 Å². The molecule has 0 saturated heterocycles. The predicted molar refractivity (Wildman–Crippen MR) is 44.0 cm³/mol. The van der Waals surface area contributed by atoms with Crippen LogP contribution in [0.5, 0.6) is 0 Å². The lowest BCUT2D eigenvalue weighted by Crippen LogP contribution is -1.96. The molecule has 3 nitrogen and oxygen atoms in total. The molecule has 74 valence electrons. The van der Waals surface area contributed by atoms with Crippen molar-refractivity contribution < 1.29 is 13.2 Å². The molecule has 0 aliphatic carbocycles. The second kappa shape index (κ2) is 4.53. The highest BCUT2D eigenvalue weighted by Gasteiger charge is 2.09. The predicted octanol–water partition coefficient (Wildman–Crippen LogP) is 2.96. The van der Waals surface area contributed by atoms with Gasteiger partial charge in [-0.25, -0.2) is 13.2 Å². The van der Waals surface area contributed by atoms with E-state index in [0.717, 1.165) is 12.1 Å². The molecular weight excluding hydrogens is 195 g/mol. The molecule has 0 radical (unpaired) electrons. The third kappa shape index (κ3) is 2.40. The van der Waals surface area contributed by atoms with E-state index in [9.17, 15) is 13.2 Å². The topological polar surface area (TPSA) is 48.8 Å². The molecule has 0 unspecified atom stereocenters. The molecule has 0 bridgehead atoms. The van der Waals surface area contributed by atoms with Gasteiger partial charge in [-0.2, -0.15) is 0 Å². The summed E-state index contributed by atoms with van der Waals surface area (Å²) in [7, 11) is 0. The molecule has 0 aliphatic rings. The highest BCUT2D eigenvalue weighted by atomic mass is 19.2. The van der Waals surface area contributed by atoms with Crippen LogP contribution in [0.25, 0.3) is 10.4 Å². The molecule has 0 aliphatic heterocycles. The van der Waals surface area contributed by atoms with Gasteiger partial charge >= 0.3 is 0 Å². The fourth-order valence-electron chi connectivity index (χ4n) is 0.976. The van der Waals surface area contributed by atoms with Gasteiger partial charge in [-0.3, -0.25) is 0 Å². The Morgan fingerprint density at radius 1 is 1.21 bits per heavy atom. The van der Waals surface area contributed by atoms with Crippen LogP contribution < -0.4 is 0 Å². The standard InChI is InChI=1S/C8H6F3N3/c9-6-3-5(1-2-13-14-12)4-7(10)8(6)11/h3-4H,1-2H2. The molecule has 1 rings (SSSR count). The van der Waals surface area contributed by atoms with Gasteiger partial charge in [0.05, 0.1) is 0 Å². The van der Waals surface area contributed by atoms with Crippen LogP contribution in [-0.2, 0) is 6.42 Å². The summed E-state index contributed by atoms with van der Waals surface area (Å²) in [6, 6.07) is 1.76. The van der Waals surface area contributed by atoms with Crippen LogP contribution >= 0.6 is 0 Å². The largest absolute Gasteiger partial charge is 0.204 e. The smallest absolute Gasteiger partial charge is 0.194 e. The number of hydrogen-bond donors (Lipinski definition) is 0. The SMILES string of the molecule is [N-]=[N+]=NCCc1cc(F)c(F)c(F)c1. The summed E-state index contributed by atoms with van der Waals surface area (Å²) < 4.78 is 37.7. The fourth-order valence-corrected chi connectivity index (χ4v) is 0.976. The van der Waals surface area contributed by atoms with E-state index < -0.39 is 17.5 Å². The minimum Gasteiger partial charge on any atom is -0.204 e. The van der Waals surface area contributed by atoms with Crippen molar-refractivity contribution in [2.75, 3.05) is 6.54 Å². The molecule has 0 aromatic heterocycles. The van der Waals surface area contributed by atoms with E-state index >= 15 is 0 Å². The van der Waals surface area contributed by atoms with Crippen molar-refractivity contribution in [3.05, 3.63) is 45.6 Å². The Hall–Kier alpha value is -1.68. The minimum atomic E-state index is -1.49. The molecule has 0 spiro atoms. The van der Waals surface area contributed by atoms with Gasteiger partial charge in [0.25, 0.3) is 0 Å². The molecule has 0 N–H and O–H groups in total. The Kier molecular flexibility index (Phi) is 3.36. The highest BCUT2D eigenvalue weighted by Crippen LogP contribution is 2.13. The van der Waals surface area contributed by atoms with Gasteiger partial charge in [-0.05, 0) is 29.6 Å². The normalized spacial score (nSPS) is 9.64. The van der Waals surface area contributed by atoms with Crippen LogP contribution in [0.4, 0.5) is 13.2 Å². The van der Waals surface area contributed by atoms with E-state index in [1.807, 2.05) is 0 Å². The zero-order chi connectivity index (χ0) is 10.6. The monoisotopic (exact) mass is 201 g/mol. The zero-order valence-corrected chi connectivity index (χ0v) is 7.04. The quantitative estimate of drug-likeness (QED) is 0.312. The van der Waals surface area contributed by atoms with Gasteiger partial charge in [0.15, 0.2) is 17.5 Å². The molecule has 0 heterocycles. The van der Waals surface area contributed by atoms with Crippen LogP contribution in [0, 0.1) is 17.5 Å². The summed E-state index contributed by atoms with van der Waals surface area (Å²) in [5.74, 6) is -3.96. The maximum atomic E-state index is 12.6. The number of halogens is 3. The number of hydrogen-bond acceptors (Lipinski definition) is 1. The Balaban J connectivity index is 2.84. The van der Waals surface area contributed by atoms with Gasteiger partial charge in [-0.15, -0.1) is 0 Å². The highest BCUT2D eigenvalue weighted by molar-refractivity contribution is 5.19. The van der Waals surface area contributed by atoms with E-state index in [1.54, 1.807) is 0 Å². The Morgan fingerprint density at radius 3 is 2.29 bits per heavy atom. The molecule has 1 aromatic rings.